The number of unbranched alkanes of at least 4 members (excludes halogenated alkanes) is 2. The van der Waals surface area contributed by atoms with E-state index in [4.69, 9.17) is 9.47 Å². The van der Waals surface area contributed by atoms with Gasteiger partial charge in [-0.2, -0.15) is 0 Å². The number of hydrogen-bond donors (Lipinski definition) is 1. The second-order valence-corrected chi connectivity index (χ2v) is 10.5. The molecule has 3 saturated heterocycles. The molecule has 0 saturated carbocycles. The van der Waals surface area contributed by atoms with Crippen LogP contribution in [0.15, 0.2) is 25.3 Å². The highest BCUT2D eigenvalue weighted by Gasteiger charge is 2.80. The van der Waals surface area contributed by atoms with Crippen molar-refractivity contribution in [2.24, 2.45) is 17.8 Å². The van der Waals surface area contributed by atoms with Crippen LogP contribution >= 0.6 is 0 Å². The van der Waals surface area contributed by atoms with Crippen LogP contribution in [0.5, 0.6) is 0 Å². The zero-order chi connectivity index (χ0) is 26.0. The first kappa shape index (κ1) is 27.4. The first-order valence-electron chi connectivity index (χ1n) is 12.9. The summed E-state index contributed by atoms with van der Waals surface area (Å²) in [6.45, 7) is 16.0. The molecule has 0 aromatic heterocycles. The van der Waals surface area contributed by atoms with Crippen molar-refractivity contribution in [2.45, 2.75) is 83.1 Å². The number of nitrogens with zero attached hydrogens (tertiary/aromatic N) is 2. The van der Waals surface area contributed by atoms with Crippen LogP contribution in [0.2, 0.25) is 0 Å². The van der Waals surface area contributed by atoms with Crippen molar-refractivity contribution in [3.63, 3.8) is 0 Å². The van der Waals surface area contributed by atoms with Crippen LogP contribution in [-0.2, 0) is 23.9 Å². The molecule has 0 aromatic rings. The monoisotopic (exact) mass is 490 g/mol. The Morgan fingerprint density at radius 1 is 1.34 bits per heavy atom. The minimum absolute atomic E-state index is 0.0551. The summed E-state index contributed by atoms with van der Waals surface area (Å²) in [5.74, 6) is -2.68. The number of ether oxygens (including phenoxy) is 2. The quantitative estimate of drug-likeness (QED) is 0.242. The van der Waals surface area contributed by atoms with Crippen molar-refractivity contribution in [3.8, 4) is 0 Å². The predicted octanol–water partition coefficient (Wildman–Crippen LogP) is 2.70. The number of esters is 1. The van der Waals surface area contributed by atoms with Gasteiger partial charge in [0.05, 0.1) is 30.8 Å². The van der Waals surface area contributed by atoms with Gasteiger partial charge in [0.1, 0.15) is 17.6 Å². The van der Waals surface area contributed by atoms with Gasteiger partial charge in [0.25, 0.3) is 0 Å². The smallest absolute Gasteiger partial charge is 0.312 e. The minimum atomic E-state index is -1.14. The van der Waals surface area contributed by atoms with E-state index in [1.807, 2.05) is 13.8 Å². The molecule has 8 heteroatoms. The Bertz CT molecular complexity index is 846. The predicted molar refractivity (Wildman–Crippen MR) is 132 cm³/mol. The Balaban J connectivity index is 2.03. The Morgan fingerprint density at radius 3 is 2.66 bits per heavy atom. The van der Waals surface area contributed by atoms with Crippen LogP contribution in [0.25, 0.3) is 0 Å². The molecule has 3 heterocycles. The zero-order valence-corrected chi connectivity index (χ0v) is 21.7. The third-order valence-electron chi connectivity index (χ3n) is 8.22. The van der Waals surface area contributed by atoms with E-state index < -0.39 is 41.1 Å². The summed E-state index contributed by atoms with van der Waals surface area (Å²) in [4.78, 5) is 44.6. The van der Waals surface area contributed by atoms with Crippen molar-refractivity contribution in [1.82, 2.24) is 9.80 Å². The maximum absolute atomic E-state index is 14.1. The molecule has 3 rings (SSSR count). The molecule has 1 spiro atoms. The third kappa shape index (κ3) is 4.44. The standard InChI is InChI=1S/C27H42N2O6/c1-7-10-12-15-34-25(33)21-20-23(31)29(19(5)17-30)22(24(32)28(13-9-3)14-11-8-2)27(20)16-18(4)26(21,6)35-27/h7,9,18-22,30H,1,3,8,10-17H2,2,4-6H3/t18?,19-,20+,21+,22?,26-,27?/m1/s1. The molecular weight excluding hydrogens is 448 g/mol. The van der Waals surface area contributed by atoms with Crippen LogP contribution < -0.4 is 0 Å². The van der Waals surface area contributed by atoms with Gasteiger partial charge >= 0.3 is 5.97 Å². The fourth-order valence-electron chi connectivity index (χ4n) is 6.34. The number of rotatable bonds is 13. The summed E-state index contributed by atoms with van der Waals surface area (Å²) in [5, 5.41) is 10.00. The van der Waals surface area contributed by atoms with Crippen LogP contribution in [0.1, 0.15) is 59.8 Å². The molecule has 1 N–H and O–H groups in total. The molecule has 2 bridgehead atoms. The molecule has 196 valence electrons. The van der Waals surface area contributed by atoms with Crippen molar-refractivity contribution in [1.29, 1.82) is 0 Å². The van der Waals surface area contributed by atoms with Crippen LogP contribution in [0.4, 0.5) is 0 Å². The zero-order valence-electron chi connectivity index (χ0n) is 21.7. The summed E-state index contributed by atoms with van der Waals surface area (Å²) < 4.78 is 12.3. The fourth-order valence-corrected chi connectivity index (χ4v) is 6.34. The summed E-state index contributed by atoms with van der Waals surface area (Å²) in [6, 6.07) is -1.51. The lowest BCUT2D eigenvalue weighted by Crippen LogP contribution is -2.58. The van der Waals surface area contributed by atoms with Crippen LogP contribution in [0, 0.1) is 17.8 Å². The number of fused-ring (bicyclic) bond motifs is 1. The lowest BCUT2D eigenvalue weighted by atomic mass is 9.62. The van der Waals surface area contributed by atoms with Crippen LogP contribution in [0.3, 0.4) is 0 Å². The number of allylic oxidation sites excluding steroid dienone is 1. The van der Waals surface area contributed by atoms with E-state index in [0.717, 1.165) is 19.3 Å². The molecule has 3 aliphatic rings. The average Bonchev–Trinajstić information content (AvgIpc) is 3.35. The number of carbonyl (C=O) groups excluding carboxylic acids is 3. The second kappa shape index (κ2) is 10.8. The summed E-state index contributed by atoms with van der Waals surface area (Å²) >= 11 is 0. The molecule has 0 aromatic carbocycles. The molecule has 0 radical (unpaired) electrons. The number of likely N-dealkylation sites (tertiary alicyclic amines) is 1. The molecule has 3 fully saturated rings. The molecule has 2 amide bonds. The number of carbonyl (C=O) groups is 3. The van der Waals surface area contributed by atoms with Gasteiger partial charge in [0.15, 0.2) is 0 Å². The van der Waals surface area contributed by atoms with E-state index in [2.05, 4.69) is 20.1 Å². The molecular formula is C27H42N2O6. The first-order valence-corrected chi connectivity index (χ1v) is 12.9. The topological polar surface area (TPSA) is 96.4 Å². The lowest BCUT2D eigenvalue weighted by Gasteiger charge is -2.38. The summed E-state index contributed by atoms with van der Waals surface area (Å²) in [6.07, 6.45) is 7.05. The van der Waals surface area contributed by atoms with Gasteiger partial charge in [0, 0.05) is 13.1 Å². The highest BCUT2D eigenvalue weighted by atomic mass is 16.6. The largest absolute Gasteiger partial charge is 0.465 e. The maximum atomic E-state index is 14.1. The van der Waals surface area contributed by atoms with E-state index >= 15 is 0 Å². The van der Waals surface area contributed by atoms with Gasteiger partial charge in [-0.05, 0) is 45.4 Å². The van der Waals surface area contributed by atoms with Crippen molar-refractivity contribution in [3.05, 3.63) is 25.3 Å². The normalized spacial score (nSPS) is 34.0. The highest BCUT2D eigenvalue weighted by molar-refractivity contribution is 5.98. The van der Waals surface area contributed by atoms with Gasteiger partial charge in [0.2, 0.25) is 11.8 Å². The molecule has 7 atom stereocenters. The van der Waals surface area contributed by atoms with Gasteiger partial charge in [-0.15, -0.1) is 13.2 Å². The number of aliphatic hydroxyl groups is 1. The van der Waals surface area contributed by atoms with Crippen molar-refractivity contribution < 1.29 is 29.0 Å². The van der Waals surface area contributed by atoms with Gasteiger partial charge < -0.3 is 24.4 Å². The van der Waals surface area contributed by atoms with Crippen LogP contribution in [-0.4, -0.2) is 82.3 Å². The third-order valence-corrected chi connectivity index (χ3v) is 8.22. The number of hydrogen-bond acceptors (Lipinski definition) is 6. The molecule has 35 heavy (non-hydrogen) atoms. The Morgan fingerprint density at radius 2 is 2.06 bits per heavy atom. The van der Waals surface area contributed by atoms with Crippen molar-refractivity contribution >= 4 is 17.8 Å². The van der Waals surface area contributed by atoms with E-state index in [1.54, 1.807) is 24.0 Å². The lowest BCUT2D eigenvalue weighted by molar-refractivity contribution is -0.163. The van der Waals surface area contributed by atoms with E-state index in [-0.39, 0.29) is 30.9 Å². The maximum Gasteiger partial charge on any atom is 0.312 e. The molecule has 3 aliphatic heterocycles. The number of aliphatic hydroxyl groups excluding tert-OH is 1. The van der Waals surface area contributed by atoms with E-state index in [9.17, 15) is 19.5 Å². The minimum Gasteiger partial charge on any atom is -0.465 e. The molecule has 8 nitrogen and oxygen atoms in total. The van der Waals surface area contributed by atoms with E-state index in [1.165, 1.54) is 4.90 Å². The fraction of sp³-hybridized carbons (Fsp3) is 0.741. The SMILES string of the molecule is C=CCCCOC(=O)[C@@H]1[C@H]2C(=O)N([C@H](C)CO)C(C(=O)N(CC=C)CCCC)C23CC(C)[C@@]1(C)O3. The Kier molecular flexibility index (Phi) is 8.48. The van der Waals surface area contributed by atoms with Gasteiger partial charge in [-0.25, -0.2) is 0 Å². The number of amides is 2. The first-order chi connectivity index (χ1) is 16.6. The summed E-state index contributed by atoms with van der Waals surface area (Å²) in [5.41, 5.74) is -2.04. The highest BCUT2D eigenvalue weighted by Crippen LogP contribution is 2.65. The van der Waals surface area contributed by atoms with Gasteiger partial charge in [-0.1, -0.05) is 32.4 Å². The average molecular weight is 491 g/mol. The molecule has 3 unspecified atom stereocenters. The Labute approximate surface area is 209 Å². The second-order valence-electron chi connectivity index (χ2n) is 10.5. The van der Waals surface area contributed by atoms with E-state index in [0.29, 0.717) is 25.9 Å². The molecule has 0 aliphatic carbocycles. The Hall–Kier alpha value is -2.19. The summed E-state index contributed by atoms with van der Waals surface area (Å²) in [7, 11) is 0. The van der Waals surface area contributed by atoms with Gasteiger partial charge in [-0.3, -0.25) is 14.4 Å². The van der Waals surface area contributed by atoms with Crippen molar-refractivity contribution in [2.75, 3.05) is 26.3 Å².